The smallest absolute Gasteiger partial charge is 0.142 e. The largest absolute Gasteiger partial charge is 0.354 e. The van der Waals surface area contributed by atoms with Crippen molar-refractivity contribution in [2.24, 2.45) is 0 Å². The molecule has 1 aliphatic rings. The maximum absolute atomic E-state index is 4.57. The first-order valence-corrected chi connectivity index (χ1v) is 7.60. The molecular formula is C14H22BrN3. The summed E-state index contributed by atoms with van der Waals surface area (Å²) in [5.41, 5.74) is 1.19. The van der Waals surface area contributed by atoms with Gasteiger partial charge >= 0.3 is 0 Å². The number of pyridine rings is 1. The molecule has 1 aromatic rings. The van der Waals surface area contributed by atoms with E-state index in [1.54, 1.807) is 0 Å². The molecule has 18 heavy (non-hydrogen) atoms. The van der Waals surface area contributed by atoms with Gasteiger partial charge in [-0.1, -0.05) is 6.42 Å². The third-order valence-electron chi connectivity index (χ3n) is 3.49. The van der Waals surface area contributed by atoms with Crippen LogP contribution in [0.1, 0.15) is 31.7 Å². The Hall–Kier alpha value is -0.610. The lowest BCUT2D eigenvalue weighted by atomic mass is 10.0. The van der Waals surface area contributed by atoms with Crippen molar-refractivity contribution >= 4 is 21.7 Å². The van der Waals surface area contributed by atoms with Crippen LogP contribution >= 0.6 is 15.9 Å². The van der Waals surface area contributed by atoms with Crippen LogP contribution in [-0.4, -0.2) is 30.7 Å². The third-order valence-corrected chi connectivity index (χ3v) is 4.08. The van der Waals surface area contributed by atoms with Gasteiger partial charge in [0.25, 0.3) is 0 Å². The number of likely N-dealkylation sites (N-methyl/N-ethyl adjacent to an activating group) is 1. The quantitative estimate of drug-likeness (QED) is 0.926. The number of nitrogens with one attached hydrogen (secondary N) is 1. The average molecular weight is 312 g/mol. The van der Waals surface area contributed by atoms with Gasteiger partial charge in [0, 0.05) is 25.3 Å². The molecule has 1 unspecified atom stereocenters. The molecule has 1 aliphatic heterocycles. The zero-order valence-electron chi connectivity index (χ0n) is 11.2. The SMILES string of the molecule is CCN(CC1CCCCN1)c1ncc(C)cc1Br. The lowest BCUT2D eigenvalue weighted by molar-refractivity contribution is 0.399. The van der Waals surface area contributed by atoms with E-state index < -0.39 is 0 Å². The molecule has 0 aliphatic carbocycles. The van der Waals surface area contributed by atoms with E-state index in [0.29, 0.717) is 6.04 Å². The number of piperidine rings is 1. The Morgan fingerprint density at radius 1 is 1.50 bits per heavy atom. The van der Waals surface area contributed by atoms with Gasteiger partial charge in [-0.3, -0.25) is 0 Å². The molecule has 2 rings (SSSR count). The fourth-order valence-corrected chi connectivity index (χ4v) is 3.18. The maximum Gasteiger partial charge on any atom is 0.142 e. The molecule has 1 N–H and O–H groups in total. The Labute approximate surface area is 118 Å². The summed E-state index contributed by atoms with van der Waals surface area (Å²) in [5.74, 6) is 1.07. The second-order valence-electron chi connectivity index (χ2n) is 5.00. The second-order valence-corrected chi connectivity index (χ2v) is 5.86. The third kappa shape index (κ3) is 3.45. The molecule has 0 saturated carbocycles. The summed E-state index contributed by atoms with van der Waals surface area (Å²) in [6.07, 6.45) is 5.88. The minimum absolute atomic E-state index is 0.605. The molecule has 0 radical (unpaired) electrons. The number of anilines is 1. The van der Waals surface area contributed by atoms with Gasteiger partial charge in [0.2, 0.25) is 0 Å². The minimum Gasteiger partial charge on any atom is -0.354 e. The first kappa shape index (κ1) is 13.8. The highest BCUT2D eigenvalue weighted by molar-refractivity contribution is 9.10. The van der Waals surface area contributed by atoms with Gasteiger partial charge in [0.15, 0.2) is 0 Å². The summed E-state index contributed by atoms with van der Waals surface area (Å²) >= 11 is 3.63. The minimum atomic E-state index is 0.605. The van der Waals surface area contributed by atoms with Crippen molar-refractivity contribution in [1.82, 2.24) is 10.3 Å². The number of aromatic nitrogens is 1. The molecular weight excluding hydrogens is 290 g/mol. The second kappa shape index (κ2) is 6.53. The van der Waals surface area contributed by atoms with E-state index in [0.717, 1.165) is 29.9 Å². The van der Waals surface area contributed by atoms with E-state index in [4.69, 9.17) is 0 Å². The molecule has 3 nitrogen and oxygen atoms in total. The number of rotatable bonds is 4. The van der Waals surface area contributed by atoms with E-state index >= 15 is 0 Å². The zero-order valence-corrected chi connectivity index (χ0v) is 12.8. The summed E-state index contributed by atoms with van der Waals surface area (Å²) < 4.78 is 1.10. The molecule has 0 aromatic carbocycles. The van der Waals surface area contributed by atoms with Crippen LogP contribution < -0.4 is 10.2 Å². The fraction of sp³-hybridized carbons (Fsp3) is 0.643. The predicted octanol–water partition coefficient (Wildman–Crippen LogP) is 3.12. The Morgan fingerprint density at radius 3 is 2.94 bits per heavy atom. The number of nitrogens with zero attached hydrogens (tertiary/aromatic N) is 2. The predicted molar refractivity (Wildman–Crippen MR) is 80.2 cm³/mol. The van der Waals surface area contributed by atoms with Gasteiger partial charge < -0.3 is 10.2 Å². The van der Waals surface area contributed by atoms with Crippen LogP contribution in [-0.2, 0) is 0 Å². The van der Waals surface area contributed by atoms with Gasteiger partial charge in [-0.25, -0.2) is 4.98 Å². The summed E-state index contributed by atoms with van der Waals surface area (Å²) in [6.45, 7) is 7.46. The number of halogens is 1. The standard InChI is InChI=1S/C14H22BrN3/c1-3-18(10-12-6-4-5-7-16-12)14-13(15)8-11(2)9-17-14/h8-9,12,16H,3-7,10H2,1-2H3. The van der Waals surface area contributed by atoms with Gasteiger partial charge in [-0.05, 0) is 60.8 Å². The maximum atomic E-state index is 4.57. The average Bonchev–Trinajstić information content (AvgIpc) is 2.38. The van der Waals surface area contributed by atoms with Crippen molar-refractivity contribution in [3.05, 3.63) is 22.3 Å². The van der Waals surface area contributed by atoms with Crippen LogP contribution in [0.15, 0.2) is 16.7 Å². The van der Waals surface area contributed by atoms with Crippen molar-refractivity contribution in [2.75, 3.05) is 24.5 Å². The van der Waals surface area contributed by atoms with E-state index in [2.05, 4.69) is 51.0 Å². The van der Waals surface area contributed by atoms with Crippen molar-refractivity contribution in [3.63, 3.8) is 0 Å². The van der Waals surface area contributed by atoms with Crippen LogP contribution in [0.4, 0.5) is 5.82 Å². The van der Waals surface area contributed by atoms with Crippen LogP contribution in [0.3, 0.4) is 0 Å². The fourth-order valence-electron chi connectivity index (χ4n) is 2.47. The van der Waals surface area contributed by atoms with Crippen molar-refractivity contribution in [1.29, 1.82) is 0 Å². The van der Waals surface area contributed by atoms with Gasteiger partial charge in [-0.2, -0.15) is 0 Å². The molecule has 1 saturated heterocycles. The van der Waals surface area contributed by atoms with E-state index in [-0.39, 0.29) is 0 Å². The van der Waals surface area contributed by atoms with Crippen LogP contribution in [0.2, 0.25) is 0 Å². The zero-order chi connectivity index (χ0) is 13.0. The highest BCUT2D eigenvalue weighted by Crippen LogP contribution is 2.25. The lowest BCUT2D eigenvalue weighted by Crippen LogP contribution is -2.44. The molecule has 4 heteroatoms. The van der Waals surface area contributed by atoms with Gasteiger partial charge in [0.05, 0.1) is 4.47 Å². The number of hydrogen-bond acceptors (Lipinski definition) is 3. The molecule has 1 atom stereocenters. The molecule has 2 heterocycles. The number of aryl methyl sites for hydroxylation is 1. The first-order chi connectivity index (χ1) is 8.70. The van der Waals surface area contributed by atoms with Crippen molar-refractivity contribution < 1.29 is 0 Å². The van der Waals surface area contributed by atoms with Crippen LogP contribution in [0.5, 0.6) is 0 Å². The summed E-state index contributed by atoms with van der Waals surface area (Å²) in [6, 6.07) is 2.74. The lowest BCUT2D eigenvalue weighted by Gasteiger charge is -2.31. The van der Waals surface area contributed by atoms with Crippen LogP contribution in [0.25, 0.3) is 0 Å². The van der Waals surface area contributed by atoms with Crippen molar-refractivity contribution in [3.8, 4) is 0 Å². The Balaban J connectivity index is 2.07. The number of hydrogen-bond donors (Lipinski definition) is 1. The molecule has 100 valence electrons. The molecule has 0 amide bonds. The molecule has 0 bridgehead atoms. The highest BCUT2D eigenvalue weighted by atomic mass is 79.9. The Kier molecular flexibility index (Phi) is 5.01. The van der Waals surface area contributed by atoms with Gasteiger partial charge in [-0.15, -0.1) is 0 Å². The van der Waals surface area contributed by atoms with E-state index in [9.17, 15) is 0 Å². The summed E-state index contributed by atoms with van der Waals surface area (Å²) in [5, 5.41) is 3.60. The normalized spacial score (nSPS) is 19.8. The van der Waals surface area contributed by atoms with Crippen LogP contribution in [0, 0.1) is 6.92 Å². The highest BCUT2D eigenvalue weighted by Gasteiger charge is 2.18. The molecule has 1 fully saturated rings. The topological polar surface area (TPSA) is 28.2 Å². The van der Waals surface area contributed by atoms with Crippen molar-refractivity contribution in [2.45, 2.75) is 39.2 Å². The molecule has 1 aromatic heterocycles. The van der Waals surface area contributed by atoms with E-state index in [1.165, 1.54) is 24.8 Å². The Bertz CT molecular complexity index is 389. The summed E-state index contributed by atoms with van der Waals surface area (Å²) in [4.78, 5) is 6.92. The first-order valence-electron chi connectivity index (χ1n) is 6.81. The van der Waals surface area contributed by atoms with E-state index in [1.807, 2.05) is 6.20 Å². The molecule has 0 spiro atoms. The summed E-state index contributed by atoms with van der Waals surface area (Å²) in [7, 11) is 0. The van der Waals surface area contributed by atoms with Gasteiger partial charge in [0.1, 0.15) is 5.82 Å². The monoisotopic (exact) mass is 311 g/mol. The Morgan fingerprint density at radius 2 is 2.33 bits per heavy atom.